The number of anilines is 1. The number of amides is 2. The van der Waals surface area contributed by atoms with Crippen LogP contribution in [-0.2, 0) is 9.59 Å². The van der Waals surface area contributed by atoms with E-state index in [2.05, 4.69) is 11.4 Å². The Hall–Kier alpha value is -1.84. The number of nitrogens with zero attached hydrogens (tertiary/aromatic N) is 1. The Morgan fingerprint density at radius 3 is 2.29 bits per heavy atom. The van der Waals surface area contributed by atoms with Crippen molar-refractivity contribution in [2.75, 3.05) is 18.4 Å². The smallest absolute Gasteiger partial charge is 0.228 e. The van der Waals surface area contributed by atoms with E-state index in [0.717, 1.165) is 42.7 Å². The molecule has 1 aromatic rings. The van der Waals surface area contributed by atoms with E-state index in [-0.39, 0.29) is 23.7 Å². The van der Waals surface area contributed by atoms with Crippen molar-refractivity contribution in [1.29, 1.82) is 0 Å². The highest BCUT2D eigenvalue weighted by atomic mass is 16.2. The maximum absolute atomic E-state index is 12.2. The standard InChI is InChI=1S/C17H22N2O2/c1-11-7-12(2)9-13(8-11)18-16(20)14-10-15(14)17(21)19-5-3-4-6-19/h7-9,14-15H,3-6,10H2,1-2H3,(H,18,20). The van der Waals surface area contributed by atoms with Crippen molar-refractivity contribution in [1.82, 2.24) is 4.90 Å². The molecule has 0 aromatic heterocycles. The molecule has 112 valence electrons. The van der Waals surface area contributed by atoms with Crippen LogP contribution in [0.5, 0.6) is 0 Å². The lowest BCUT2D eigenvalue weighted by Crippen LogP contribution is -2.30. The van der Waals surface area contributed by atoms with Crippen molar-refractivity contribution in [2.24, 2.45) is 11.8 Å². The second-order valence-corrected chi connectivity index (χ2v) is 6.35. The molecule has 2 aliphatic rings. The van der Waals surface area contributed by atoms with Gasteiger partial charge in [-0.25, -0.2) is 0 Å². The molecule has 21 heavy (non-hydrogen) atoms. The molecule has 1 heterocycles. The molecule has 0 bridgehead atoms. The van der Waals surface area contributed by atoms with Gasteiger partial charge >= 0.3 is 0 Å². The third-order valence-electron chi connectivity index (χ3n) is 4.35. The normalized spacial score (nSPS) is 24.0. The van der Waals surface area contributed by atoms with Gasteiger partial charge in [0, 0.05) is 18.8 Å². The second kappa shape index (κ2) is 5.51. The number of carbonyl (C=O) groups is 2. The topological polar surface area (TPSA) is 49.4 Å². The highest BCUT2D eigenvalue weighted by molar-refractivity contribution is 5.99. The van der Waals surface area contributed by atoms with Crippen LogP contribution >= 0.6 is 0 Å². The largest absolute Gasteiger partial charge is 0.342 e. The Balaban J connectivity index is 1.58. The van der Waals surface area contributed by atoms with Gasteiger partial charge in [-0.2, -0.15) is 0 Å². The van der Waals surface area contributed by atoms with E-state index in [1.807, 2.05) is 30.9 Å². The summed E-state index contributed by atoms with van der Waals surface area (Å²) in [4.78, 5) is 26.4. The van der Waals surface area contributed by atoms with Gasteiger partial charge in [0.05, 0.1) is 11.8 Å². The monoisotopic (exact) mass is 286 g/mol. The van der Waals surface area contributed by atoms with Crippen molar-refractivity contribution in [3.63, 3.8) is 0 Å². The van der Waals surface area contributed by atoms with E-state index in [4.69, 9.17) is 0 Å². The SMILES string of the molecule is Cc1cc(C)cc(NC(=O)C2CC2C(=O)N2CCCC2)c1. The van der Waals surface area contributed by atoms with Crippen LogP contribution < -0.4 is 5.32 Å². The quantitative estimate of drug-likeness (QED) is 0.928. The van der Waals surface area contributed by atoms with Crippen LogP contribution in [0.3, 0.4) is 0 Å². The third-order valence-corrected chi connectivity index (χ3v) is 4.35. The van der Waals surface area contributed by atoms with Crippen molar-refractivity contribution >= 4 is 17.5 Å². The van der Waals surface area contributed by atoms with E-state index < -0.39 is 0 Å². The minimum atomic E-state index is -0.140. The molecular weight excluding hydrogens is 264 g/mol. The Morgan fingerprint density at radius 2 is 1.67 bits per heavy atom. The van der Waals surface area contributed by atoms with Gasteiger partial charge in [0.15, 0.2) is 0 Å². The van der Waals surface area contributed by atoms with Crippen LogP contribution in [0.4, 0.5) is 5.69 Å². The van der Waals surface area contributed by atoms with Gasteiger partial charge in [-0.15, -0.1) is 0 Å². The highest BCUT2D eigenvalue weighted by Crippen LogP contribution is 2.41. The first kappa shape index (κ1) is 14.1. The summed E-state index contributed by atoms with van der Waals surface area (Å²) in [6, 6.07) is 6.00. The summed E-state index contributed by atoms with van der Waals surface area (Å²) < 4.78 is 0. The van der Waals surface area contributed by atoms with Crippen LogP contribution in [0.1, 0.15) is 30.4 Å². The van der Waals surface area contributed by atoms with Crippen LogP contribution in [0.15, 0.2) is 18.2 Å². The number of nitrogens with one attached hydrogen (secondary N) is 1. The molecule has 3 rings (SSSR count). The fraction of sp³-hybridized carbons (Fsp3) is 0.529. The Bertz CT molecular complexity index is 556. The first-order chi connectivity index (χ1) is 10.0. The molecule has 1 aromatic carbocycles. The van der Waals surface area contributed by atoms with E-state index in [9.17, 15) is 9.59 Å². The van der Waals surface area contributed by atoms with Gasteiger partial charge in [-0.3, -0.25) is 9.59 Å². The second-order valence-electron chi connectivity index (χ2n) is 6.35. The van der Waals surface area contributed by atoms with Gasteiger partial charge in [0.2, 0.25) is 11.8 Å². The number of likely N-dealkylation sites (tertiary alicyclic amines) is 1. The van der Waals surface area contributed by atoms with Gasteiger partial charge < -0.3 is 10.2 Å². The molecule has 1 saturated carbocycles. The lowest BCUT2D eigenvalue weighted by atomic mass is 10.1. The molecule has 0 spiro atoms. The summed E-state index contributed by atoms with van der Waals surface area (Å²) in [6.07, 6.45) is 2.89. The third kappa shape index (κ3) is 3.09. The lowest BCUT2D eigenvalue weighted by Gasteiger charge is -2.15. The molecule has 1 aliphatic heterocycles. The zero-order chi connectivity index (χ0) is 15.0. The molecule has 1 aliphatic carbocycles. The molecule has 4 nitrogen and oxygen atoms in total. The minimum absolute atomic E-state index is 0.0162. The molecule has 1 N–H and O–H groups in total. The van der Waals surface area contributed by atoms with Crippen molar-refractivity contribution in [3.05, 3.63) is 29.3 Å². The fourth-order valence-electron chi connectivity index (χ4n) is 3.21. The maximum atomic E-state index is 12.2. The summed E-state index contributed by atoms with van der Waals surface area (Å²) in [5, 5.41) is 2.95. The number of carbonyl (C=O) groups excluding carboxylic acids is 2. The zero-order valence-corrected chi connectivity index (χ0v) is 12.7. The zero-order valence-electron chi connectivity index (χ0n) is 12.7. The van der Waals surface area contributed by atoms with Gasteiger partial charge in [-0.05, 0) is 56.4 Å². The predicted molar refractivity (Wildman–Crippen MR) is 82.0 cm³/mol. The first-order valence-electron chi connectivity index (χ1n) is 7.72. The summed E-state index contributed by atoms with van der Waals surface area (Å²) in [6.45, 7) is 5.75. The maximum Gasteiger partial charge on any atom is 0.228 e. The molecule has 1 saturated heterocycles. The summed E-state index contributed by atoms with van der Waals surface area (Å²) in [7, 11) is 0. The lowest BCUT2D eigenvalue weighted by molar-refractivity contribution is -0.133. The van der Waals surface area contributed by atoms with Crippen LogP contribution in [0, 0.1) is 25.7 Å². The molecule has 0 radical (unpaired) electrons. The van der Waals surface area contributed by atoms with E-state index in [0.29, 0.717) is 6.42 Å². The van der Waals surface area contributed by atoms with E-state index >= 15 is 0 Å². The average Bonchev–Trinajstić information content (AvgIpc) is 3.02. The van der Waals surface area contributed by atoms with Gasteiger partial charge in [-0.1, -0.05) is 6.07 Å². The molecule has 2 atom stereocenters. The predicted octanol–water partition coefficient (Wildman–Crippen LogP) is 2.50. The number of hydrogen-bond donors (Lipinski definition) is 1. The highest BCUT2D eigenvalue weighted by Gasteiger charge is 2.49. The fourth-order valence-corrected chi connectivity index (χ4v) is 3.21. The summed E-state index contributed by atoms with van der Waals surface area (Å²) >= 11 is 0. The number of aryl methyl sites for hydroxylation is 2. The van der Waals surface area contributed by atoms with Gasteiger partial charge in [0.25, 0.3) is 0 Å². The van der Waals surface area contributed by atoms with E-state index in [1.165, 1.54) is 0 Å². The average molecular weight is 286 g/mol. The summed E-state index contributed by atoms with van der Waals surface area (Å²) in [5.74, 6) is -0.0708. The van der Waals surface area contributed by atoms with Gasteiger partial charge in [0.1, 0.15) is 0 Å². The number of hydrogen-bond acceptors (Lipinski definition) is 2. The molecule has 4 heteroatoms. The Morgan fingerprint density at radius 1 is 1.05 bits per heavy atom. The number of benzene rings is 1. The minimum Gasteiger partial charge on any atom is -0.342 e. The molecule has 2 fully saturated rings. The Labute approximate surface area is 125 Å². The van der Waals surface area contributed by atoms with Crippen molar-refractivity contribution in [3.8, 4) is 0 Å². The number of rotatable bonds is 3. The van der Waals surface area contributed by atoms with Crippen molar-refractivity contribution < 1.29 is 9.59 Å². The van der Waals surface area contributed by atoms with Crippen LogP contribution in [0.25, 0.3) is 0 Å². The Kier molecular flexibility index (Phi) is 3.70. The molecular formula is C17H22N2O2. The first-order valence-corrected chi connectivity index (χ1v) is 7.72. The summed E-state index contributed by atoms with van der Waals surface area (Å²) in [5.41, 5.74) is 3.09. The van der Waals surface area contributed by atoms with Crippen molar-refractivity contribution in [2.45, 2.75) is 33.1 Å². The molecule has 2 amide bonds. The van der Waals surface area contributed by atoms with Crippen LogP contribution in [0.2, 0.25) is 0 Å². The van der Waals surface area contributed by atoms with E-state index in [1.54, 1.807) is 0 Å². The molecule has 2 unspecified atom stereocenters. The van der Waals surface area contributed by atoms with Crippen LogP contribution in [-0.4, -0.2) is 29.8 Å².